The van der Waals surface area contributed by atoms with Crippen LogP contribution < -0.4 is 10.2 Å². The molecule has 2 heterocycles. The fraction of sp³-hybridized carbons (Fsp3) is 0.600. The monoisotopic (exact) mass is 426 g/mol. The van der Waals surface area contributed by atoms with Crippen LogP contribution in [0.5, 0.6) is 0 Å². The van der Waals surface area contributed by atoms with Gasteiger partial charge < -0.3 is 15.1 Å². The Bertz CT molecular complexity index is 760. The van der Waals surface area contributed by atoms with Gasteiger partial charge in [-0.25, -0.2) is 0 Å². The normalized spacial score (nSPS) is 24.7. The van der Waals surface area contributed by atoms with E-state index in [1.807, 2.05) is 9.80 Å². The third-order valence-corrected chi connectivity index (χ3v) is 6.73. The molecule has 4 rings (SSSR count). The van der Waals surface area contributed by atoms with Gasteiger partial charge in [-0.15, -0.1) is 0 Å². The second-order valence-corrected chi connectivity index (χ2v) is 8.70. The Hall–Kier alpha value is -1.90. The van der Waals surface area contributed by atoms with Crippen molar-refractivity contribution in [1.82, 2.24) is 10.2 Å². The molecule has 158 valence electrons. The van der Waals surface area contributed by atoms with Crippen LogP contribution in [0.2, 0.25) is 0 Å². The molecule has 0 bridgehead atoms. The second kappa shape index (κ2) is 8.45. The summed E-state index contributed by atoms with van der Waals surface area (Å²) in [5, 5.41) is 4.34. The molecule has 5 nitrogen and oxygen atoms in total. The van der Waals surface area contributed by atoms with Crippen molar-refractivity contribution in [3.63, 3.8) is 0 Å². The minimum atomic E-state index is -4.32. The van der Waals surface area contributed by atoms with E-state index < -0.39 is 11.7 Å². The minimum absolute atomic E-state index is 0.0847. The summed E-state index contributed by atoms with van der Waals surface area (Å²) in [6.45, 7) is 2.38. The summed E-state index contributed by atoms with van der Waals surface area (Å²) in [6, 6.07) is 6.02. The highest BCUT2D eigenvalue weighted by molar-refractivity contribution is 8.14. The highest BCUT2D eigenvalue weighted by Crippen LogP contribution is 2.31. The fourth-order valence-corrected chi connectivity index (χ4v) is 5.04. The second-order valence-electron chi connectivity index (χ2n) is 7.74. The van der Waals surface area contributed by atoms with Gasteiger partial charge in [0.15, 0.2) is 5.17 Å². The maximum atomic E-state index is 12.7. The maximum absolute atomic E-state index is 12.7. The van der Waals surface area contributed by atoms with Crippen LogP contribution in [-0.2, 0) is 11.0 Å². The van der Waals surface area contributed by atoms with Crippen molar-refractivity contribution in [1.29, 1.82) is 0 Å². The quantitative estimate of drug-likeness (QED) is 0.805. The first-order chi connectivity index (χ1) is 13.9. The number of thioether (sulfide) groups is 1. The largest absolute Gasteiger partial charge is 0.416 e. The third kappa shape index (κ3) is 4.82. The zero-order valence-corrected chi connectivity index (χ0v) is 16.9. The summed E-state index contributed by atoms with van der Waals surface area (Å²) in [6.07, 6.45) is 0.424. The Labute approximate surface area is 172 Å². The van der Waals surface area contributed by atoms with E-state index in [1.165, 1.54) is 36.7 Å². The third-order valence-electron chi connectivity index (χ3n) is 5.85. The Morgan fingerprint density at radius 2 is 1.79 bits per heavy atom. The molecule has 0 unspecified atom stereocenters. The molecule has 1 N–H and O–H groups in total. The summed E-state index contributed by atoms with van der Waals surface area (Å²) in [7, 11) is 0. The molecule has 1 aliphatic carbocycles. The standard InChI is InChI=1S/C20H25F3N4OS/c21-20(22,23)14-5-7-15(8-6-14)26-9-11-27(12-10-26)18(28)13-29-19-24-16-3-1-2-4-17(16)25-19/h5-8,16-17H,1-4,9-13H2,(H,24,25)/t16-,17-/m0/s1. The summed E-state index contributed by atoms with van der Waals surface area (Å²) >= 11 is 1.48. The highest BCUT2D eigenvalue weighted by atomic mass is 32.2. The molecule has 2 fully saturated rings. The lowest BCUT2D eigenvalue weighted by Gasteiger charge is -2.36. The molecule has 0 spiro atoms. The lowest BCUT2D eigenvalue weighted by Crippen LogP contribution is -2.49. The number of benzene rings is 1. The fourth-order valence-electron chi connectivity index (χ4n) is 4.16. The predicted molar refractivity (Wildman–Crippen MR) is 109 cm³/mol. The number of halogens is 3. The molecule has 0 radical (unpaired) electrons. The Kier molecular flexibility index (Phi) is 5.94. The first-order valence-corrected chi connectivity index (χ1v) is 11.1. The number of anilines is 1. The van der Waals surface area contributed by atoms with Crippen LogP contribution >= 0.6 is 11.8 Å². The van der Waals surface area contributed by atoms with Crippen LogP contribution in [0.3, 0.4) is 0 Å². The van der Waals surface area contributed by atoms with E-state index in [0.29, 0.717) is 44.0 Å². The molecule has 1 saturated carbocycles. The van der Waals surface area contributed by atoms with Gasteiger partial charge in [-0.3, -0.25) is 9.79 Å². The van der Waals surface area contributed by atoms with E-state index in [2.05, 4.69) is 5.32 Å². The Morgan fingerprint density at radius 3 is 2.45 bits per heavy atom. The molecule has 9 heteroatoms. The number of hydrogen-bond acceptors (Lipinski definition) is 5. The number of amides is 1. The molecular formula is C20H25F3N4OS. The number of carbonyl (C=O) groups is 1. The Balaban J connectivity index is 1.23. The van der Waals surface area contributed by atoms with Crippen molar-refractivity contribution < 1.29 is 18.0 Å². The minimum Gasteiger partial charge on any atom is -0.368 e. The zero-order valence-electron chi connectivity index (χ0n) is 16.1. The van der Waals surface area contributed by atoms with Crippen molar-refractivity contribution in [2.45, 2.75) is 43.9 Å². The van der Waals surface area contributed by atoms with E-state index in [9.17, 15) is 18.0 Å². The van der Waals surface area contributed by atoms with Gasteiger partial charge >= 0.3 is 6.18 Å². The molecule has 1 amide bonds. The number of piperazine rings is 1. The molecule has 2 aliphatic heterocycles. The van der Waals surface area contributed by atoms with E-state index in [1.54, 1.807) is 0 Å². The van der Waals surface area contributed by atoms with Gasteiger partial charge in [-0.2, -0.15) is 13.2 Å². The summed E-state index contributed by atoms with van der Waals surface area (Å²) in [5.74, 6) is 0.451. The highest BCUT2D eigenvalue weighted by Gasteiger charge is 2.32. The van der Waals surface area contributed by atoms with E-state index >= 15 is 0 Å². The van der Waals surface area contributed by atoms with Gasteiger partial charge in [0.05, 0.1) is 23.4 Å². The van der Waals surface area contributed by atoms with E-state index in [-0.39, 0.29) is 5.91 Å². The van der Waals surface area contributed by atoms with Gasteiger partial charge in [0.2, 0.25) is 5.91 Å². The average molecular weight is 427 g/mol. The number of aliphatic imine (C=N–C) groups is 1. The van der Waals surface area contributed by atoms with Crippen molar-refractivity contribution in [3.8, 4) is 0 Å². The number of amidine groups is 1. The van der Waals surface area contributed by atoms with E-state index in [0.717, 1.165) is 35.8 Å². The Morgan fingerprint density at radius 1 is 1.10 bits per heavy atom. The van der Waals surface area contributed by atoms with E-state index in [4.69, 9.17) is 4.99 Å². The van der Waals surface area contributed by atoms with Gasteiger partial charge in [0.25, 0.3) is 0 Å². The number of alkyl halides is 3. The van der Waals surface area contributed by atoms with Gasteiger partial charge in [0, 0.05) is 31.9 Å². The molecule has 3 aliphatic rings. The lowest BCUT2D eigenvalue weighted by molar-refractivity contribution is -0.137. The number of nitrogens with one attached hydrogen (secondary N) is 1. The first kappa shape index (κ1) is 20.4. The van der Waals surface area contributed by atoms with Crippen LogP contribution in [0, 0.1) is 0 Å². The summed E-state index contributed by atoms with van der Waals surface area (Å²) in [4.78, 5) is 21.1. The van der Waals surface area contributed by atoms with Crippen molar-refractivity contribution >= 4 is 28.5 Å². The topological polar surface area (TPSA) is 47.9 Å². The van der Waals surface area contributed by atoms with Crippen LogP contribution in [0.1, 0.15) is 31.2 Å². The molecule has 1 aromatic rings. The molecule has 0 aromatic heterocycles. The molecular weight excluding hydrogens is 401 g/mol. The van der Waals surface area contributed by atoms with Gasteiger partial charge in [-0.05, 0) is 37.1 Å². The number of hydrogen-bond donors (Lipinski definition) is 1. The molecule has 1 aromatic carbocycles. The van der Waals surface area contributed by atoms with Crippen molar-refractivity contribution in [3.05, 3.63) is 29.8 Å². The summed E-state index contributed by atoms with van der Waals surface area (Å²) < 4.78 is 38.1. The van der Waals surface area contributed by atoms with Crippen molar-refractivity contribution in [2.75, 3.05) is 36.8 Å². The predicted octanol–water partition coefficient (Wildman–Crippen LogP) is 3.36. The molecule has 29 heavy (non-hydrogen) atoms. The van der Waals surface area contributed by atoms with Crippen LogP contribution in [0.4, 0.5) is 18.9 Å². The average Bonchev–Trinajstić information content (AvgIpc) is 3.15. The van der Waals surface area contributed by atoms with Gasteiger partial charge in [0.1, 0.15) is 0 Å². The number of nitrogens with zero attached hydrogens (tertiary/aromatic N) is 3. The number of rotatable bonds is 3. The smallest absolute Gasteiger partial charge is 0.368 e. The zero-order chi connectivity index (χ0) is 20.4. The number of fused-ring (bicyclic) bond motifs is 1. The summed E-state index contributed by atoms with van der Waals surface area (Å²) in [5.41, 5.74) is 0.113. The number of carbonyl (C=O) groups excluding carboxylic acids is 1. The van der Waals surface area contributed by atoms with Crippen LogP contribution in [0.15, 0.2) is 29.3 Å². The molecule has 1 saturated heterocycles. The SMILES string of the molecule is O=C(CSC1=N[C@H]2CCCC[C@@H]2N1)N1CCN(c2ccc(C(F)(F)F)cc2)CC1. The van der Waals surface area contributed by atoms with Crippen LogP contribution in [0.25, 0.3) is 0 Å². The maximum Gasteiger partial charge on any atom is 0.416 e. The first-order valence-electron chi connectivity index (χ1n) is 10.1. The van der Waals surface area contributed by atoms with Crippen molar-refractivity contribution in [2.24, 2.45) is 4.99 Å². The van der Waals surface area contributed by atoms with Crippen LogP contribution in [-0.4, -0.2) is 60.0 Å². The lowest BCUT2D eigenvalue weighted by atomic mass is 9.92. The van der Waals surface area contributed by atoms with Gasteiger partial charge in [-0.1, -0.05) is 24.6 Å². The molecule has 2 atom stereocenters.